The molecular weight excluding hydrogens is 392 g/mol. The summed E-state index contributed by atoms with van der Waals surface area (Å²) in [6.45, 7) is 4.19. The minimum Gasteiger partial charge on any atom is -0.378 e. The maximum Gasteiger partial charge on any atom is 0.227 e. The van der Waals surface area contributed by atoms with Crippen LogP contribution in [0.2, 0.25) is 0 Å². The van der Waals surface area contributed by atoms with E-state index in [0.717, 1.165) is 31.6 Å². The third-order valence-corrected chi connectivity index (χ3v) is 5.33. The Balaban J connectivity index is 1.52. The molecule has 1 heterocycles. The zero-order chi connectivity index (χ0) is 21.6. The van der Waals surface area contributed by atoms with Gasteiger partial charge in [0.2, 0.25) is 11.9 Å². The lowest BCUT2D eigenvalue weighted by molar-refractivity contribution is 0.0547. The normalized spacial score (nSPS) is 14.5. The smallest absolute Gasteiger partial charge is 0.227 e. The highest BCUT2D eigenvalue weighted by molar-refractivity contribution is 5.35. The summed E-state index contributed by atoms with van der Waals surface area (Å²) in [5.74, 6) is 2.57. The first kappa shape index (κ1) is 23.4. The highest BCUT2D eigenvalue weighted by atomic mass is 16.5. The van der Waals surface area contributed by atoms with E-state index in [0.29, 0.717) is 57.3 Å². The molecule has 1 fully saturated rings. The van der Waals surface area contributed by atoms with Crippen molar-refractivity contribution in [2.45, 2.75) is 44.4 Å². The molecule has 2 aromatic rings. The lowest BCUT2D eigenvalue weighted by atomic mass is 9.89. The van der Waals surface area contributed by atoms with Gasteiger partial charge in [-0.15, -0.1) is 0 Å². The Kier molecular flexibility index (Phi) is 10.5. The highest BCUT2D eigenvalue weighted by Gasteiger charge is 2.20. The number of nitrogens with zero attached hydrogens (tertiary/aromatic N) is 3. The van der Waals surface area contributed by atoms with Crippen LogP contribution in [0.3, 0.4) is 0 Å². The summed E-state index contributed by atoms with van der Waals surface area (Å²) in [5, 5.41) is 6.67. The van der Waals surface area contributed by atoms with Crippen LogP contribution in [-0.2, 0) is 15.9 Å². The van der Waals surface area contributed by atoms with Crippen molar-refractivity contribution in [3.05, 3.63) is 41.7 Å². The van der Waals surface area contributed by atoms with Gasteiger partial charge in [0.25, 0.3) is 0 Å². The van der Waals surface area contributed by atoms with Crippen molar-refractivity contribution in [3.8, 4) is 0 Å². The second kappa shape index (κ2) is 13.9. The van der Waals surface area contributed by atoms with E-state index in [1.165, 1.54) is 24.8 Å². The number of anilines is 2. The molecule has 0 saturated heterocycles. The van der Waals surface area contributed by atoms with Crippen LogP contribution >= 0.6 is 0 Å². The molecular formula is C23H36N6O2. The number of rotatable bonds is 14. The Hall–Kier alpha value is -2.29. The van der Waals surface area contributed by atoms with Gasteiger partial charge in [-0.25, -0.2) is 0 Å². The van der Waals surface area contributed by atoms with Gasteiger partial charge in [0.05, 0.1) is 26.4 Å². The minimum absolute atomic E-state index is 0.419. The Morgan fingerprint density at radius 2 is 1.48 bits per heavy atom. The maximum absolute atomic E-state index is 5.58. The molecule has 0 bridgehead atoms. The van der Waals surface area contributed by atoms with Gasteiger partial charge in [0, 0.05) is 25.6 Å². The summed E-state index contributed by atoms with van der Waals surface area (Å²) in [5.41, 5.74) is 6.69. The molecule has 1 aromatic heterocycles. The number of hydrogen-bond donors (Lipinski definition) is 3. The van der Waals surface area contributed by atoms with Crippen molar-refractivity contribution in [1.29, 1.82) is 0 Å². The summed E-state index contributed by atoms with van der Waals surface area (Å²) >= 11 is 0. The second-order valence-electron chi connectivity index (χ2n) is 7.78. The van der Waals surface area contributed by atoms with Gasteiger partial charge in [0.15, 0.2) is 0 Å². The van der Waals surface area contributed by atoms with E-state index in [-0.39, 0.29) is 0 Å². The van der Waals surface area contributed by atoms with Crippen LogP contribution < -0.4 is 16.4 Å². The van der Waals surface area contributed by atoms with Crippen LogP contribution in [-0.4, -0.2) is 61.0 Å². The van der Waals surface area contributed by atoms with Crippen LogP contribution in [0.1, 0.15) is 49.4 Å². The van der Waals surface area contributed by atoms with Crippen LogP contribution in [0.4, 0.5) is 11.9 Å². The SMILES string of the molecule is NCCOCCOCCNc1nc(NCCc2ccccc2)nc(C2CCCCC2)n1. The second-order valence-corrected chi connectivity index (χ2v) is 7.78. The molecule has 170 valence electrons. The van der Waals surface area contributed by atoms with Crippen molar-refractivity contribution in [3.63, 3.8) is 0 Å². The first-order valence-corrected chi connectivity index (χ1v) is 11.5. The topological polar surface area (TPSA) is 107 Å². The Morgan fingerprint density at radius 1 is 0.806 bits per heavy atom. The zero-order valence-electron chi connectivity index (χ0n) is 18.4. The highest BCUT2D eigenvalue weighted by Crippen LogP contribution is 2.31. The van der Waals surface area contributed by atoms with Gasteiger partial charge in [0.1, 0.15) is 5.82 Å². The molecule has 1 aliphatic carbocycles. The van der Waals surface area contributed by atoms with Gasteiger partial charge < -0.3 is 25.8 Å². The Morgan fingerprint density at radius 3 is 2.19 bits per heavy atom. The number of ether oxygens (including phenoxy) is 2. The molecule has 8 heteroatoms. The largest absolute Gasteiger partial charge is 0.378 e. The fourth-order valence-corrected chi connectivity index (χ4v) is 3.70. The van der Waals surface area contributed by atoms with Gasteiger partial charge in [-0.05, 0) is 24.8 Å². The lowest BCUT2D eigenvalue weighted by Gasteiger charge is -2.21. The molecule has 4 N–H and O–H groups in total. The first-order valence-electron chi connectivity index (χ1n) is 11.5. The summed E-state index contributed by atoms with van der Waals surface area (Å²) in [6, 6.07) is 10.4. The molecule has 31 heavy (non-hydrogen) atoms. The van der Waals surface area contributed by atoms with E-state index in [4.69, 9.17) is 25.2 Å². The van der Waals surface area contributed by atoms with Crippen molar-refractivity contribution in [1.82, 2.24) is 15.0 Å². The monoisotopic (exact) mass is 428 g/mol. The molecule has 1 aromatic carbocycles. The third kappa shape index (κ3) is 8.77. The fourth-order valence-electron chi connectivity index (χ4n) is 3.70. The summed E-state index contributed by atoms with van der Waals surface area (Å²) in [6.07, 6.45) is 7.03. The van der Waals surface area contributed by atoms with Crippen LogP contribution in [0.25, 0.3) is 0 Å². The molecule has 3 rings (SSSR count). The Bertz CT molecular complexity index is 740. The molecule has 0 spiro atoms. The van der Waals surface area contributed by atoms with E-state index in [9.17, 15) is 0 Å². The summed E-state index contributed by atoms with van der Waals surface area (Å²) < 4.78 is 10.9. The van der Waals surface area contributed by atoms with Crippen LogP contribution in [0, 0.1) is 0 Å². The van der Waals surface area contributed by atoms with E-state index < -0.39 is 0 Å². The standard InChI is InChI=1S/C23H36N6O2/c24-12-15-30-17-18-31-16-14-26-23-28-21(20-9-5-2-6-10-20)27-22(29-23)25-13-11-19-7-3-1-4-8-19/h1,3-4,7-8,20H,2,5-6,9-18,24H2,(H2,25,26,27,28,29). The number of hydrogen-bond acceptors (Lipinski definition) is 8. The van der Waals surface area contributed by atoms with Gasteiger partial charge >= 0.3 is 0 Å². The summed E-state index contributed by atoms with van der Waals surface area (Å²) in [4.78, 5) is 14.0. The average molecular weight is 429 g/mol. The van der Waals surface area contributed by atoms with Gasteiger partial charge in [-0.3, -0.25) is 0 Å². The number of nitrogens with two attached hydrogens (primary N) is 1. The average Bonchev–Trinajstić information content (AvgIpc) is 2.82. The molecule has 0 atom stereocenters. The molecule has 0 aliphatic heterocycles. The molecule has 0 unspecified atom stereocenters. The van der Waals surface area contributed by atoms with Crippen LogP contribution in [0.15, 0.2) is 30.3 Å². The Labute approximate surface area is 185 Å². The maximum atomic E-state index is 5.58. The number of benzene rings is 1. The van der Waals surface area contributed by atoms with E-state index >= 15 is 0 Å². The predicted molar refractivity (Wildman–Crippen MR) is 123 cm³/mol. The van der Waals surface area contributed by atoms with E-state index in [1.54, 1.807) is 0 Å². The predicted octanol–water partition coefficient (Wildman–Crippen LogP) is 2.98. The number of nitrogens with one attached hydrogen (secondary N) is 2. The molecule has 0 radical (unpaired) electrons. The van der Waals surface area contributed by atoms with Crippen LogP contribution in [0.5, 0.6) is 0 Å². The van der Waals surface area contributed by atoms with Crippen molar-refractivity contribution >= 4 is 11.9 Å². The minimum atomic E-state index is 0.419. The third-order valence-electron chi connectivity index (χ3n) is 5.33. The van der Waals surface area contributed by atoms with Crippen molar-refractivity contribution in [2.24, 2.45) is 5.73 Å². The molecule has 1 aliphatic rings. The zero-order valence-corrected chi connectivity index (χ0v) is 18.4. The first-order chi connectivity index (χ1) is 15.3. The molecule has 1 saturated carbocycles. The lowest BCUT2D eigenvalue weighted by Crippen LogP contribution is -2.18. The number of aromatic nitrogens is 3. The van der Waals surface area contributed by atoms with Gasteiger partial charge in [-0.2, -0.15) is 15.0 Å². The van der Waals surface area contributed by atoms with Crippen molar-refractivity contribution in [2.75, 3.05) is 56.7 Å². The molecule has 8 nitrogen and oxygen atoms in total. The van der Waals surface area contributed by atoms with E-state index in [2.05, 4.69) is 39.9 Å². The van der Waals surface area contributed by atoms with E-state index in [1.807, 2.05) is 6.07 Å². The van der Waals surface area contributed by atoms with Gasteiger partial charge in [-0.1, -0.05) is 49.6 Å². The quantitative estimate of drug-likeness (QED) is 0.394. The molecule has 0 amide bonds. The fraction of sp³-hybridized carbons (Fsp3) is 0.609. The summed E-state index contributed by atoms with van der Waals surface area (Å²) in [7, 11) is 0. The van der Waals surface area contributed by atoms with Crippen molar-refractivity contribution < 1.29 is 9.47 Å².